The average molecular weight is 364 g/mol. The zero-order chi connectivity index (χ0) is 17.6. The van der Waals surface area contributed by atoms with Crippen LogP contribution in [0.15, 0.2) is 16.6 Å². The zero-order valence-corrected chi connectivity index (χ0v) is 14.5. The number of aromatic nitrogens is 1. The van der Waals surface area contributed by atoms with Crippen LogP contribution in [-0.4, -0.2) is 79.8 Å². The minimum Gasteiger partial charge on any atom is -0.370 e. The molecule has 2 heterocycles. The van der Waals surface area contributed by atoms with Gasteiger partial charge in [0.25, 0.3) is 0 Å². The molecule has 136 valence electrons. The minimum absolute atomic E-state index is 0.341. The van der Waals surface area contributed by atoms with E-state index in [1.54, 1.807) is 17.5 Å². The summed E-state index contributed by atoms with van der Waals surface area (Å²) in [4.78, 5) is 14.0. The third-order valence-corrected chi connectivity index (χ3v) is 4.55. The fraction of sp³-hybridized carbons (Fsp3) is 0.714. The number of anilines is 1. The average Bonchev–Trinajstić information content (AvgIpc) is 3.04. The Balaban J connectivity index is 1.67. The van der Waals surface area contributed by atoms with E-state index in [-0.39, 0.29) is 0 Å². The van der Waals surface area contributed by atoms with Gasteiger partial charge >= 0.3 is 6.18 Å². The molecule has 0 aromatic carbocycles. The normalized spacial score (nSPS) is 17.0. The molecule has 24 heavy (non-hydrogen) atoms. The van der Waals surface area contributed by atoms with Crippen LogP contribution in [0.1, 0.15) is 6.42 Å². The number of nitrogens with two attached hydrogens (primary N) is 1. The number of nitrogens with zero attached hydrogens (tertiary/aromatic N) is 5. The van der Waals surface area contributed by atoms with Crippen LogP contribution in [0, 0.1) is 0 Å². The van der Waals surface area contributed by atoms with Crippen LogP contribution in [-0.2, 0) is 0 Å². The van der Waals surface area contributed by atoms with Crippen molar-refractivity contribution in [3.05, 3.63) is 11.6 Å². The summed E-state index contributed by atoms with van der Waals surface area (Å²) in [6, 6.07) is 0. The van der Waals surface area contributed by atoms with Crippen molar-refractivity contribution in [3.63, 3.8) is 0 Å². The van der Waals surface area contributed by atoms with Crippen molar-refractivity contribution >= 4 is 22.4 Å². The molecule has 0 radical (unpaired) electrons. The predicted molar refractivity (Wildman–Crippen MR) is 90.6 cm³/mol. The van der Waals surface area contributed by atoms with Crippen molar-refractivity contribution in [1.29, 1.82) is 0 Å². The second-order valence-electron chi connectivity index (χ2n) is 5.74. The summed E-state index contributed by atoms with van der Waals surface area (Å²) < 4.78 is 36.6. The second-order valence-corrected chi connectivity index (χ2v) is 6.61. The molecule has 0 aliphatic carbocycles. The third kappa shape index (κ3) is 6.16. The number of guanidine groups is 1. The first kappa shape index (κ1) is 18.8. The largest absolute Gasteiger partial charge is 0.401 e. The van der Waals surface area contributed by atoms with Gasteiger partial charge in [-0.25, -0.2) is 4.98 Å². The van der Waals surface area contributed by atoms with Crippen molar-refractivity contribution < 1.29 is 13.2 Å². The number of rotatable bonds is 6. The maximum atomic E-state index is 12.2. The van der Waals surface area contributed by atoms with Crippen LogP contribution in [0.5, 0.6) is 0 Å². The number of aliphatic imine (C=N–C) groups is 1. The number of alkyl halides is 3. The molecule has 0 bridgehead atoms. The SMILES string of the molecule is CN(CCCN=C(N)N1CCN(c2nccs2)CC1)CC(F)(F)F. The number of piperazine rings is 1. The molecule has 6 nitrogen and oxygen atoms in total. The molecule has 1 aliphatic heterocycles. The quantitative estimate of drug-likeness (QED) is 0.471. The van der Waals surface area contributed by atoms with Crippen molar-refractivity contribution in [2.24, 2.45) is 10.7 Å². The molecule has 1 fully saturated rings. The summed E-state index contributed by atoms with van der Waals surface area (Å²) >= 11 is 1.61. The van der Waals surface area contributed by atoms with E-state index in [2.05, 4.69) is 14.9 Å². The molecule has 2 N–H and O–H groups in total. The van der Waals surface area contributed by atoms with Gasteiger partial charge in [0.05, 0.1) is 6.54 Å². The highest BCUT2D eigenvalue weighted by Crippen LogP contribution is 2.18. The molecule has 0 unspecified atom stereocenters. The molecule has 0 amide bonds. The predicted octanol–water partition coefficient (Wildman–Crippen LogP) is 1.46. The van der Waals surface area contributed by atoms with Crippen molar-refractivity contribution in [3.8, 4) is 0 Å². The fourth-order valence-corrected chi connectivity index (χ4v) is 3.22. The van der Waals surface area contributed by atoms with E-state index < -0.39 is 12.7 Å². The third-order valence-electron chi connectivity index (χ3n) is 3.71. The molecule has 0 atom stereocenters. The van der Waals surface area contributed by atoms with Gasteiger partial charge in [-0.05, 0) is 20.0 Å². The van der Waals surface area contributed by atoms with E-state index in [1.807, 2.05) is 10.3 Å². The van der Waals surface area contributed by atoms with Crippen molar-refractivity contribution in [2.45, 2.75) is 12.6 Å². The zero-order valence-electron chi connectivity index (χ0n) is 13.7. The lowest BCUT2D eigenvalue weighted by Crippen LogP contribution is -2.51. The number of hydrogen-bond donors (Lipinski definition) is 1. The van der Waals surface area contributed by atoms with Crippen LogP contribution in [0.2, 0.25) is 0 Å². The summed E-state index contributed by atoms with van der Waals surface area (Å²) in [5, 5.41) is 2.96. The number of thiazole rings is 1. The van der Waals surface area contributed by atoms with E-state index in [0.29, 0.717) is 25.5 Å². The smallest absolute Gasteiger partial charge is 0.370 e. The minimum atomic E-state index is -4.16. The van der Waals surface area contributed by atoms with Crippen LogP contribution < -0.4 is 10.6 Å². The Morgan fingerprint density at radius 2 is 2.08 bits per heavy atom. The van der Waals surface area contributed by atoms with Gasteiger partial charge in [0.1, 0.15) is 0 Å². The Bertz CT molecular complexity index is 511. The Morgan fingerprint density at radius 1 is 1.38 bits per heavy atom. The van der Waals surface area contributed by atoms with Gasteiger partial charge in [-0.15, -0.1) is 11.3 Å². The Morgan fingerprint density at radius 3 is 2.67 bits per heavy atom. The molecule has 0 spiro atoms. The standard InChI is InChI=1S/C14H23F3N6S/c1-21(11-14(15,16)17)5-2-3-19-12(18)22-6-8-23(9-7-22)13-20-4-10-24-13/h4,10H,2-3,5-9,11H2,1H3,(H2,18,19). The molecular weight excluding hydrogens is 341 g/mol. The first-order chi connectivity index (χ1) is 11.3. The van der Waals surface area contributed by atoms with E-state index in [1.165, 1.54) is 11.9 Å². The molecule has 0 saturated carbocycles. The highest BCUT2D eigenvalue weighted by Gasteiger charge is 2.28. The molecule has 1 aromatic heterocycles. The summed E-state index contributed by atoms with van der Waals surface area (Å²) in [5.41, 5.74) is 5.98. The van der Waals surface area contributed by atoms with E-state index >= 15 is 0 Å². The van der Waals surface area contributed by atoms with Gasteiger partial charge in [0.2, 0.25) is 0 Å². The topological polar surface area (TPSA) is 61.0 Å². The monoisotopic (exact) mass is 364 g/mol. The number of hydrogen-bond acceptors (Lipinski definition) is 5. The highest BCUT2D eigenvalue weighted by molar-refractivity contribution is 7.13. The maximum Gasteiger partial charge on any atom is 0.401 e. The first-order valence-electron chi connectivity index (χ1n) is 7.80. The van der Waals surface area contributed by atoms with E-state index in [9.17, 15) is 13.2 Å². The maximum absolute atomic E-state index is 12.2. The molecule has 2 rings (SSSR count). The summed E-state index contributed by atoms with van der Waals surface area (Å²) in [6.07, 6.45) is -1.82. The molecule has 1 aliphatic rings. The van der Waals surface area contributed by atoms with Gasteiger partial charge in [-0.1, -0.05) is 0 Å². The summed E-state index contributed by atoms with van der Waals surface area (Å²) in [5.74, 6) is 0.465. The Labute approximate surface area is 143 Å². The van der Waals surface area contributed by atoms with Crippen LogP contribution in [0.3, 0.4) is 0 Å². The molecule has 10 heteroatoms. The second kappa shape index (κ2) is 8.52. The lowest BCUT2D eigenvalue weighted by Gasteiger charge is -2.35. The molecule has 1 saturated heterocycles. The van der Waals surface area contributed by atoms with Crippen molar-refractivity contribution in [2.75, 3.05) is 57.8 Å². The summed E-state index contributed by atoms with van der Waals surface area (Å²) in [6.45, 7) is 3.07. The highest BCUT2D eigenvalue weighted by atomic mass is 32.1. The van der Waals surface area contributed by atoms with Crippen LogP contribution >= 0.6 is 11.3 Å². The molecule has 1 aromatic rings. The van der Waals surface area contributed by atoms with Gasteiger partial charge in [-0.2, -0.15) is 13.2 Å². The summed E-state index contributed by atoms with van der Waals surface area (Å²) in [7, 11) is 1.46. The Hall–Kier alpha value is -1.55. The van der Waals surface area contributed by atoms with Gasteiger partial charge in [0, 0.05) is 44.3 Å². The van der Waals surface area contributed by atoms with Gasteiger partial charge in [-0.3, -0.25) is 9.89 Å². The lowest BCUT2D eigenvalue weighted by atomic mass is 10.3. The van der Waals surface area contributed by atoms with E-state index in [0.717, 1.165) is 31.3 Å². The fourth-order valence-electron chi connectivity index (χ4n) is 2.52. The number of halogens is 3. The van der Waals surface area contributed by atoms with E-state index in [4.69, 9.17) is 5.73 Å². The van der Waals surface area contributed by atoms with Crippen molar-refractivity contribution in [1.82, 2.24) is 14.8 Å². The lowest BCUT2D eigenvalue weighted by molar-refractivity contribution is -0.143. The van der Waals surface area contributed by atoms with Crippen LogP contribution in [0.25, 0.3) is 0 Å². The Kier molecular flexibility index (Phi) is 6.67. The van der Waals surface area contributed by atoms with Gasteiger partial charge in [0.15, 0.2) is 11.1 Å². The first-order valence-corrected chi connectivity index (χ1v) is 8.68. The molecular formula is C14H23F3N6S. The van der Waals surface area contributed by atoms with Gasteiger partial charge < -0.3 is 15.5 Å². The van der Waals surface area contributed by atoms with Crippen LogP contribution in [0.4, 0.5) is 18.3 Å².